The summed E-state index contributed by atoms with van der Waals surface area (Å²) in [6.07, 6.45) is 0. The van der Waals surface area contributed by atoms with E-state index in [0.717, 1.165) is 6.04 Å². The Bertz CT molecular complexity index is 122. The summed E-state index contributed by atoms with van der Waals surface area (Å²) >= 11 is 0. The summed E-state index contributed by atoms with van der Waals surface area (Å²) in [5.74, 6) is 0. The summed E-state index contributed by atoms with van der Waals surface area (Å²) in [6.45, 7) is 8.71. The Morgan fingerprint density at radius 3 is 2.40 bits per heavy atom. The van der Waals surface area contributed by atoms with Crippen molar-refractivity contribution in [3.05, 3.63) is 0 Å². The highest BCUT2D eigenvalue weighted by atomic mass is 28.3. The van der Waals surface area contributed by atoms with Crippen LogP contribution in [0, 0.1) is 0 Å². The minimum atomic E-state index is -0.737. The Hall–Kier alpha value is 0.177. The molecule has 0 saturated carbocycles. The highest BCUT2D eigenvalue weighted by Crippen LogP contribution is 2.25. The summed E-state index contributed by atoms with van der Waals surface area (Å²) in [5, 5.41) is 0. The zero-order valence-electron chi connectivity index (χ0n) is 7.65. The van der Waals surface area contributed by atoms with Gasteiger partial charge >= 0.3 is 0 Å². The van der Waals surface area contributed by atoms with Crippen LogP contribution in [0.4, 0.5) is 0 Å². The van der Waals surface area contributed by atoms with Crippen molar-refractivity contribution in [3.63, 3.8) is 0 Å². The fourth-order valence-corrected chi connectivity index (χ4v) is 4.83. The zero-order valence-corrected chi connectivity index (χ0v) is 8.65. The summed E-state index contributed by atoms with van der Waals surface area (Å²) in [6, 6.07) is 3.83. The monoisotopic (exact) mass is 157 g/mol. The Morgan fingerprint density at radius 2 is 2.00 bits per heavy atom. The zero-order chi connectivity index (χ0) is 7.78. The molecule has 1 aliphatic rings. The lowest BCUT2D eigenvalue weighted by atomic mass is 10.3. The van der Waals surface area contributed by atoms with E-state index in [0.29, 0.717) is 0 Å². The van der Waals surface area contributed by atoms with Gasteiger partial charge in [0.05, 0.1) is 8.07 Å². The third kappa shape index (κ3) is 1.83. The van der Waals surface area contributed by atoms with Crippen LogP contribution in [0.2, 0.25) is 25.2 Å². The van der Waals surface area contributed by atoms with Gasteiger partial charge in [-0.1, -0.05) is 13.1 Å². The van der Waals surface area contributed by atoms with Crippen LogP contribution in [-0.4, -0.2) is 32.6 Å². The Balaban J connectivity index is 2.49. The van der Waals surface area contributed by atoms with E-state index in [2.05, 4.69) is 32.0 Å². The van der Waals surface area contributed by atoms with Crippen LogP contribution >= 0.6 is 0 Å². The van der Waals surface area contributed by atoms with Crippen molar-refractivity contribution in [2.75, 3.05) is 13.6 Å². The molecule has 0 aromatic rings. The van der Waals surface area contributed by atoms with E-state index < -0.39 is 8.07 Å². The lowest BCUT2D eigenvalue weighted by Crippen LogP contribution is -2.46. The largest absolute Gasteiger partial charge is 0.304 e. The number of hydrogen-bond donors (Lipinski definition) is 0. The minimum Gasteiger partial charge on any atom is -0.304 e. The maximum Gasteiger partial charge on any atom is 0.0501 e. The fourth-order valence-electron chi connectivity index (χ4n) is 1.76. The molecule has 1 aliphatic heterocycles. The molecule has 1 unspecified atom stereocenters. The first-order valence-corrected chi connectivity index (χ1v) is 7.63. The second-order valence-electron chi connectivity index (χ2n) is 4.45. The molecule has 0 spiro atoms. The molecule has 1 rings (SSSR count). The van der Waals surface area contributed by atoms with Crippen molar-refractivity contribution in [1.29, 1.82) is 0 Å². The van der Waals surface area contributed by atoms with Crippen LogP contribution in [0.3, 0.4) is 0 Å². The molecule has 0 radical (unpaired) electrons. The van der Waals surface area contributed by atoms with E-state index in [1.165, 1.54) is 18.6 Å². The Kier molecular flexibility index (Phi) is 2.20. The van der Waals surface area contributed by atoms with Gasteiger partial charge in [0.15, 0.2) is 0 Å². The lowest BCUT2D eigenvalue weighted by molar-refractivity contribution is 0.272. The van der Waals surface area contributed by atoms with Gasteiger partial charge in [0.1, 0.15) is 0 Å². The van der Waals surface area contributed by atoms with Crippen LogP contribution in [0.5, 0.6) is 0 Å². The molecule has 1 saturated heterocycles. The second-order valence-corrected chi connectivity index (χ2v) is 9.68. The van der Waals surface area contributed by atoms with Gasteiger partial charge in [0.2, 0.25) is 0 Å². The molecule has 1 nitrogen and oxygen atoms in total. The molecule has 0 aliphatic carbocycles. The highest BCUT2D eigenvalue weighted by molar-refractivity contribution is 6.77. The van der Waals surface area contributed by atoms with Gasteiger partial charge < -0.3 is 4.90 Å². The average molecular weight is 157 g/mol. The predicted octanol–water partition coefficient (Wildman–Crippen LogP) is 2.03. The standard InChI is InChI=1S/C8H19NSi/c1-8-7-10(3,4)6-5-9(8)2/h8H,5-7H2,1-4H3. The van der Waals surface area contributed by atoms with Crippen molar-refractivity contribution in [2.45, 2.75) is 38.1 Å². The Labute approximate surface area is 65.4 Å². The van der Waals surface area contributed by atoms with Gasteiger partial charge in [0, 0.05) is 6.04 Å². The van der Waals surface area contributed by atoms with Crippen LogP contribution in [-0.2, 0) is 0 Å². The third-order valence-corrected chi connectivity index (χ3v) is 6.01. The molecule has 2 heteroatoms. The molecular formula is C8H19NSi. The molecule has 1 heterocycles. The maximum absolute atomic E-state index is 2.51. The van der Waals surface area contributed by atoms with Crippen molar-refractivity contribution in [1.82, 2.24) is 4.90 Å². The lowest BCUT2D eigenvalue weighted by Gasteiger charge is -2.38. The van der Waals surface area contributed by atoms with Crippen molar-refractivity contribution < 1.29 is 0 Å². The molecule has 10 heavy (non-hydrogen) atoms. The summed E-state index contributed by atoms with van der Waals surface area (Å²) < 4.78 is 0. The van der Waals surface area contributed by atoms with E-state index in [-0.39, 0.29) is 0 Å². The fraction of sp³-hybridized carbons (Fsp3) is 1.00. The molecule has 1 atom stereocenters. The van der Waals surface area contributed by atoms with Gasteiger partial charge in [0.25, 0.3) is 0 Å². The average Bonchev–Trinajstić information content (AvgIpc) is 1.79. The van der Waals surface area contributed by atoms with Gasteiger partial charge in [-0.05, 0) is 32.6 Å². The molecular weight excluding hydrogens is 138 g/mol. The van der Waals surface area contributed by atoms with Crippen LogP contribution in [0.25, 0.3) is 0 Å². The summed E-state index contributed by atoms with van der Waals surface area (Å²) in [7, 11) is 1.51. The Morgan fingerprint density at radius 1 is 1.40 bits per heavy atom. The van der Waals surface area contributed by atoms with Crippen LogP contribution in [0.1, 0.15) is 6.92 Å². The van der Waals surface area contributed by atoms with Gasteiger partial charge in [-0.25, -0.2) is 0 Å². The van der Waals surface area contributed by atoms with Crippen LogP contribution in [0.15, 0.2) is 0 Å². The van der Waals surface area contributed by atoms with Gasteiger partial charge in [-0.15, -0.1) is 0 Å². The van der Waals surface area contributed by atoms with E-state index in [1.54, 1.807) is 0 Å². The molecule has 0 bridgehead atoms. The van der Waals surface area contributed by atoms with Crippen LogP contribution < -0.4 is 0 Å². The van der Waals surface area contributed by atoms with E-state index in [1.807, 2.05) is 0 Å². The van der Waals surface area contributed by atoms with Crippen molar-refractivity contribution in [3.8, 4) is 0 Å². The topological polar surface area (TPSA) is 3.24 Å². The quantitative estimate of drug-likeness (QED) is 0.486. The maximum atomic E-state index is 2.51. The molecule has 1 fully saturated rings. The number of hydrogen-bond acceptors (Lipinski definition) is 1. The predicted molar refractivity (Wildman–Crippen MR) is 49.2 cm³/mol. The number of rotatable bonds is 0. The number of nitrogens with zero attached hydrogens (tertiary/aromatic N) is 1. The van der Waals surface area contributed by atoms with E-state index in [4.69, 9.17) is 0 Å². The SMILES string of the molecule is CC1C[Si](C)(C)CCN1C. The molecule has 0 aromatic carbocycles. The first-order valence-electron chi connectivity index (χ1n) is 4.21. The third-order valence-electron chi connectivity index (χ3n) is 2.74. The molecule has 60 valence electrons. The normalized spacial score (nSPS) is 34.2. The highest BCUT2D eigenvalue weighted by Gasteiger charge is 2.29. The first-order chi connectivity index (χ1) is 4.51. The summed E-state index contributed by atoms with van der Waals surface area (Å²) in [4.78, 5) is 2.48. The molecule has 0 amide bonds. The van der Waals surface area contributed by atoms with Crippen molar-refractivity contribution >= 4 is 8.07 Å². The first kappa shape index (κ1) is 8.28. The van der Waals surface area contributed by atoms with Crippen molar-refractivity contribution in [2.24, 2.45) is 0 Å². The minimum absolute atomic E-state index is 0.737. The smallest absolute Gasteiger partial charge is 0.0501 e. The summed E-state index contributed by atoms with van der Waals surface area (Å²) in [5.41, 5.74) is 0. The van der Waals surface area contributed by atoms with E-state index >= 15 is 0 Å². The second kappa shape index (κ2) is 2.66. The van der Waals surface area contributed by atoms with E-state index in [9.17, 15) is 0 Å². The molecule has 0 aromatic heterocycles. The van der Waals surface area contributed by atoms with Gasteiger partial charge in [-0.3, -0.25) is 0 Å². The molecule has 0 N–H and O–H groups in total. The van der Waals surface area contributed by atoms with Gasteiger partial charge in [-0.2, -0.15) is 0 Å².